The molecule has 0 aliphatic rings. The first-order valence-electron chi connectivity index (χ1n) is 4.48. The number of nitrogens with one attached hydrogen (secondary N) is 1. The number of hydrogen-bond acceptors (Lipinski definition) is 4. The van der Waals surface area contributed by atoms with Crippen molar-refractivity contribution in [3.05, 3.63) is 0 Å². The summed E-state index contributed by atoms with van der Waals surface area (Å²) in [7, 11) is 0. The number of rotatable bonds is 7. The van der Waals surface area contributed by atoms with Gasteiger partial charge in [-0.1, -0.05) is 12.1 Å². The second kappa shape index (κ2) is 7.82. The van der Waals surface area contributed by atoms with Crippen LogP contribution < -0.4 is 11.1 Å². The van der Waals surface area contributed by atoms with Crippen LogP contribution in [0.2, 0.25) is 0 Å². The highest BCUT2D eigenvalue weighted by atomic mass is 16.4. The molecule has 0 spiro atoms. The fraction of sp³-hybridized carbons (Fsp3) is 0.875. The lowest BCUT2D eigenvalue weighted by atomic mass is 10.1. The Hall–Kier alpha value is -0.810. The van der Waals surface area contributed by atoms with Gasteiger partial charge < -0.3 is 21.4 Å². The summed E-state index contributed by atoms with van der Waals surface area (Å²) in [5.74, 6) is 0.542. The van der Waals surface area contributed by atoms with Gasteiger partial charge in [-0.2, -0.15) is 0 Å². The van der Waals surface area contributed by atoms with Crippen molar-refractivity contribution in [3.8, 4) is 0 Å². The molecule has 1 atom stereocenters. The number of nitrogens with zero attached hydrogens (tertiary/aromatic N) is 1. The Morgan fingerprint density at radius 2 is 2.31 bits per heavy atom. The predicted octanol–water partition coefficient (Wildman–Crippen LogP) is -0.269. The number of aliphatic hydroxyl groups is 1. The minimum absolute atomic E-state index is 0.190. The van der Waals surface area contributed by atoms with Gasteiger partial charge in [0.05, 0.1) is 6.54 Å². The molecule has 0 aromatic rings. The summed E-state index contributed by atoms with van der Waals surface area (Å²) in [6.45, 7) is 3.47. The van der Waals surface area contributed by atoms with Gasteiger partial charge in [0, 0.05) is 6.61 Å². The molecule has 5 N–H and O–H groups in total. The van der Waals surface area contributed by atoms with Crippen molar-refractivity contribution in [3.63, 3.8) is 0 Å². The van der Waals surface area contributed by atoms with Crippen LogP contribution in [-0.2, 0) is 0 Å². The van der Waals surface area contributed by atoms with Gasteiger partial charge >= 0.3 is 0 Å². The number of amidine groups is 1. The van der Waals surface area contributed by atoms with Crippen LogP contribution in [0.4, 0.5) is 0 Å². The molecule has 0 amide bonds. The smallest absolute Gasteiger partial charge is 0.153 e. The molecule has 5 nitrogen and oxygen atoms in total. The maximum atomic E-state index is 8.73. The molecule has 0 saturated heterocycles. The standard InChI is InChI=1S/C8H19N3O2/c1-7(6-12)3-2-4-10-5-8(9)11-13/h7,10,12-13H,2-6H2,1H3,(H2,9,11). The maximum absolute atomic E-state index is 8.73. The first-order valence-corrected chi connectivity index (χ1v) is 4.48. The van der Waals surface area contributed by atoms with Crippen molar-refractivity contribution in [2.24, 2.45) is 16.8 Å². The zero-order valence-corrected chi connectivity index (χ0v) is 8.03. The molecule has 5 heteroatoms. The molecule has 0 aromatic heterocycles. The summed E-state index contributed by atoms with van der Waals surface area (Å²) in [6, 6.07) is 0. The topological polar surface area (TPSA) is 90.9 Å². The highest BCUT2D eigenvalue weighted by Crippen LogP contribution is 2.02. The minimum atomic E-state index is 0.190. The largest absolute Gasteiger partial charge is 0.409 e. The Kier molecular flexibility index (Phi) is 7.33. The summed E-state index contributed by atoms with van der Waals surface area (Å²) in [4.78, 5) is 0. The van der Waals surface area contributed by atoms with Gasteiger partial charge in [0.15, 0.2) is 5.84 Å². The molecule has 0 saturated carbocycles. The molecule has 1 unspecified atom stereocenters. The SMILES string of the molecule is CC(CO)CCCNCC(N)=NO. The Balaban J connectivity index is 3.17. The first kappa shape index (κ1) is 12.2. The molecule has 0 aliphatic heterocycles. The third kappa shape index (κ3) is 7.55. The predicted molar refractivity (Wildman–Crippen MR) is 51.8 cm³/mol. The van der Waals surface area contributed by atoms with E-state index in [9.17, 15) is 0 Å². The van der Waals surface area contributed by atoms with Crippen LogP contribution in [-0.4, -0.2) is 35.8 Å². The molecule has 78 valence electrons. The van der Waals surface area contributed by atoms with Gasteiger partial charge in [-0.15, -0.1) is 0 Å². The third-order valence-electron chi connectivity index (χ3n) is 1.80. The van der Waals surface area contributed by atoms with Crippen molar-refractivity contribution in [1.29, 1.82) is 0 Å². The van der Waals surface area contributed by atoms with E-state index in [0.29, 0.717) is 12.5 Å². The third-order valence-corrected chi connectivity index (χ3v) is 1.80. The van der Waals surface area contributed by atoms with E-state index in [1.54, 1.807) is 0 Å². The lowest BCUT2D eigenvalue weighted by molar-refractivity contribution is 0.228. The Morgan fingerprint density at radius 1 is 1.62 bits per heavy atom. The van der Waals surface area contributed by atoms with Crippen LogP contribution in [0.15, 0.2) is 5.16 Å². The van der Waals surface area contributed by atoms with Gasteiger partial charge in [-0.05, 0) is 25.3 Å². The van der Waals surface area contributed by atoms with Gasteiger partial charge in [-0.25, -0.2) is 0 Å². The monoisotopic (exact) mass is 189 g/mol. The Bertz CT molecular complexity index is 150. The van der Waals surface area contributed by atoms with Crippen molar-refractivity contribution in [1.82, 2.24) is 5.32 Å². The fourth-order valence-corrected chi connectivity index (χ4v) is 0.919. The number of hydrogen-bond donors (Lipinski definition) is 4. The summed E-state index contributed by atoms with van der Waals surface area (Å²) in [5, 5.41) is 22.8. The number of oxime groups is 1. The van der Waals surface area contributed by atoms with Crippen LogP contribution >= 0.6 is 0 Å². The molecular weight excluding hydrogens is 170 g/mol. The molecule has 0 heterocycles. The molecule has 0 aromatic carbocycles. The van der Waals surface area contributed by atoms with Crippen molar-refractivity contribution < 1.29 is 10.3 Å². The summed E-state index contributed by atoms with van der Waals surface area (Å²) < 4.78 is 0. The van der Waals surface area contributed by atoms with Crippen LogP contribution in [0.1, 0.15) is 19.8 Å². The fourth-order valence-electron chi connectivity index (χ4n) is 0.919. The van der Waals surface area contributed by atoms with E-state index < -0.39 is 0 Å². The van der Waals surface area contributed by atoms with E-state index in [0.717, 1.165) is 19.4 Å². The summed E-state index contributed by atoms with van der Waals surface area (Å²) in [6.07, 6.45) is 1.97. The van der Waals surface area contributed by atoms with E-state index in [4.69, 9.17) is 16.0 Å². The molecular formula is C8H19N3O2. The second-order valence-electron chi connectivity index (χ2n) is 3.20. The van der Waals surface area contributed by atoms with Crippen LogP contribution in [0.25, 0.3) is 0 Å². The minimum Gasteiger partial charge on any atom is -0.409 e. The average Bonchev–Trinajstić information content (AvgIpc) is 2.16. The summed E-state index contributed by atoms with van der Waals surface area (Å²) >= 11 is 0. The van der Waals surface area contributed by atoms with E-state index in [1.807, 2.05) is 6.92 Å². The molecule has 0 aliphatic carbocycles. The molecule has 13 heavy (non-hydrogen) atoms. The lowest BCUT2D eigenvalue weighted by Crippen LogP contribution is -2.29. The van der Waals surface area contributed by atoms with Crippen molar-refractivity contribution >= 4 is 5.84 Å². The Labute approximate surface area is 78.6 Å². The molecule has 0 bridgehead atoms. The van der Waals surface area contributed by atoms with Crippen molar-refractivity contribution in [2.45, 2.75) is 19.8 Å². The van der Waals surface area contributed by atoms with E-state index in [1.165, 1.54) is 0 Å². The number of nitrogens with two attached hydrogens (primary N) is 1. The number of aliphatic hydroxyl groups excluding tert-OH is 1. The van der Waals surface area contributed by atoms with Gasteiger partial charge in [0.2, 0.25) is 0 Å². The van der Waals surface area contributed by atoms with E-state index >= 15 is 0 Å². The highest BCUT2D eigenvalue weighted by Gasteiger charge is 1.98. The maximum Gasteiger partial charge on any atom is 0.153 e. The van der Waals surface area contributed by atoms with Gasteiger partial charge in [0.25, 0.3) is 0 Å². The van der Waals surface area contributed by atoms with Crippen LogP contribution in [0.5, 0.6) is 0 Å². The molecule has 0 rings (SSSR count). The molecule has 0 radical (unpaired) electrons. The van der Waals surface area contributed by atoms with Crippen LogP contribution in [0.3, 0.4) is 0 Å². The van der Waals surface area contributed by atoms with Crippen LogP contribution in [0, 0.1) is 5.92 Å². The normalized spacial score (nSPS) is 14.5. The van der Waals surface area contributed by atoms with E-state index in [2.05, 4.69) is 10.5 Å². The zero-order chi connectivity index (χ0) is 10.1. The van der Waals surface area contributed by atoms with E-state index in [-0.39, 0.29) is 12.4 Å². The first-order chi connectivity index (χ1) is 6.20. The second-order valence-corrected chi connectivity index (χ2v) is 3.20. The Morgan fingerprint density at radius 3 is 2.85 bits per heavy atom. The average molecular weight is 189 g/mol. The van der Waals surface area contributed by atoms with Crippen molar-refractivity contribution in [2.75, 3.05) is 19.7 Å². The van der Waals surface area contributed by atoms with Gasteiger partial charge in [-0.3, -0.25) is 0 Å². The zero-order valence-electron chi connectivity index (χ0n) is 8.03. The summed E-state index contributed by atoms with van der Waals surface area (Å²) in [5.41, 5.74) is 5.24. The molecule has 0 fully saturated rings. The lowest BCUT2D eigenvalue weighted by Gasteiger charge is -2.07. The highest BCUT2D eigenvalue weighted by molar-refractivity contribution is 5.81. The van der Waals surface area contributed by atoms with Gasteiger partial charge in [0.1, 0.15) is 0 Å². The quantitative estimate of drug-likeness (QED) is 0.146.